The third-order valence-electron chi connectivity index (χ3n) is 4.16. The lowest BCUT2D eigenvalue weighted by Crippen LogP contribution is -2.38. The lowest BCUT2D eigenvalue weighted by molar-refractivity contribution is -0.139. The summed E-state index contributed by atoms with van der Waals surface area (Å²) in [6.07, 6.45) is 1.37. The van der Waals surface area contributed by atoms with Crippen molar-refractivity contribution in [3.05, 3.63) is 65.0 Å². The number of rotatable bonds is 6. The van der Waals surface area contributed by atoms with Gasteiger partial charge in [-0.25, -0.2) is 4.39 Å². The molecule has 5 heteroatoms. The molecule has 0 aliphatic carbocycles. The zero-order valence-corrected chi connectivity index (χ0v) is 13.5. The van der Waals surface area contributed by atoms with Crippen LogP contribution in [0.5, 0.6) is 5.75 Å². The number of halogens is 1. The molecule has 0 spiro atoms. The molecule has 0 bridgehead atoms. The molecular weight excluding hydrogens is 309 g/mol. The minimum absolute atomic E-state index is 0.188. The Morgan fingerprint density at radius 3 is 2.71 bits per heavy atom. The summed E-state index contributed by atoms with van der Waals surface area (Å²) in [6.45, 7) is 2.49. The van der Waals surface area contributed by atoms with Crippen molar-refractivity contribution in [2.45, 2.75) is 38.5 Å². The van der Waals surface area contributed by atoms with Crippen LogP contribution in [0.1, 0.15) is 23.6 Å². The van der Waals surface area contributed by atoms with Crippen molar-refractivity contribution in [3.8, 4) is 5.75 Å². The number of hydrogen-bond acceptors (Lipinski definition) is 3. The van der Waals surface area contributed by atoms with Crippen molar-refractivity contribution in [1.82, 2.24) is 5.32 Å². The number of carbonyl (C=O) groups is 1. The molecule has 2 aromatic carbocycles. The average molecular weight is 329 g/mol. The van der Waals surface area contributed by atoms with E-state index < -0.39 is 12.0 Å². The second kappa shape index (κ2) is 7.01. The summed E-state index contributed by atoms with van der Waals surface area (Å²) in [7, 11) is 0. The van der Waals surface area contributed by atoms with E-state index >= 15 is 0 Å². The Morgan fingerprint density at radius 1 is 1.29 bits per heavy atom. The molecule has 2 atom stereocenters. The molecule has 0 aromatic heterocycles. The van der Waals surface area contributed by atoms with Gasteiger partial charge in [0.1, 0.15) is 23.7 Å². The molecule has 4 nitrogen and oxygen atoms in total. The molecular formula is C19H20FNO3. The number of fused-ring (bicyclic) bond motifs is 1. The maximum absolute atomic E-state index is 12.9. The summed E-state index contributed by atoms with van der Waals surface area (Å²) in [5.41, 5.74) is 2.97. The van der Waals surface area contributed by atoms with E-state index in [2.05, 4.69) is 11.4 Å². The Labute approximate surface area is 140 Å². The fourth-order valence-corrected chi connectivity index (χ4v) is 2.93. The smallest absolute Gasteiger partial charge is 0.321 e. The predicted octanol–water partition coefficient (Wildman–Crippen LogP) is 2.93. The fraction of sp³-hybridized carbons (Fsp3) is 0.316. The van der Waals surface area contributed by atoms with E-state index in [1.54, 1.807) is 12.1 Å². The van der Waals surface area contributed by atoms with E-state index in [1.807, 2.05) is 19.1 Å². The van der Waals surface area contributed by atoms with E-state index in [0.29, 0.717) is 13.0 Å². The number of benzene rings is 2. The van der Waals surface area contributed by atoms with Gasteiger partial charge in [-0.05, 0) is 48.2 Å². The Balaban J connectivity index is 1.63. The van der Waals surface area contributed by atoms with Gasteiger partial charge in [0.15, 0.2) is 0 Å². The molecule has 3 rings (SSSR count). The molecule has 2 aromatic rings. The number of aliphatic carboxylic acids is 1. The summed E-state index contributed by atoms with van der Waals surface area (Å²) >= 11 is 0. The molecule has 0 saturated carbocycles. The average Bonchev–Trinajstić information content (AvgIpc) is 2.92. The first kappa shape index (κ1) is 16.5. The van der Waals surface area contributed by atoms with Gasteiger partial charge < -0.3 is 15.2 Å². The molecule has 1 unspecified atom stereocenters. The van der Waals surface area contributed by atoms with Crippen molar-refractivity contribution in [1.29, 1.82) is 0 Å². The van der Waals surface area contributed by atoms with Gasteiger partial charge >= 0.3 is 5.97 Å². The van der Waals surface area contributed by atoms with Crippen LogP contribution in [-0.4, -0.2) is 23.2 Å². The zero-order chi connectivity index (χ0) is 17.1. The zero-order valence-electron chi connectivity index (χ0n) is 13.5. The third-order valence-corrected chi connectivity index (χ3v) is 4.16. The molecule has 1 aliphatic heterocycles. The second-order valence-corrected chi connectivity index (χ2v) is 6.18. The number of ether oxygens (including phenoxy) is 1. The van der Waals surface area contributed by atoms with Crippen LogP contribution in [0.15, 0.2) is 42.5 Å². The molecule has 2 N–H and O–H groups in total. The highest BCUT2D eigenvalue weighted by atomic mass is 19.1. The number of hydrogen-bond donors (Lipinski definition) is 2. The summed E-state index contributed by atoms with van der Waals surface area (Å²) in [6, 6.07) is 11.1. The molecule has 1 heterocycles. The van der Waals surface area contributed by atoms with Gasteiger partial charge in [0.25, 0.3) is 0 Å². The van der Waals surface area contributed by atoms with E-state index in [1.165, 1.54) is 12.1 Å². The predicted molar refractivity (Wildman–Crippen MR) is 88.6 cm³/mol. The van der Waals surface area contributed by atoms with Crippen molar-refractivity contribution in [3.63, 3.8) is 0 Å². The molecule has 1 aliphatic rings. The second-order valence-electron chi connectivity index (χ2n) is 6.18. The standard InChI is InChI=1S/C19H20FNO3/c1-12-8-15-9-14(4-7-18(15)24-12)11-21-17(19(22)23)10-13-2-5-16(20)6-3-13/h2-7,9,12,17,21H,8,10-11H2,1H3,(H,22,23)/t12?,17-/m1/s1. The van der Waals surface area contributed by atoms with Gasteiger partial charge in [0.2, 0.25) is 0 Å². The van der Waals surface area contributed by atoms with Crippen LogP contribution in [0.4, 0.5) is 4.39 Å². The number of carboxylic acids is 1. The maximum Gasteiger partial charge on any atom is 0.321 e. The molecule has 126 valence electrons. The highest BCUT2D eigenvalue weighted by molar-refractivity contribution is 5.73. The first-order chi connectivity index (χ1) is 11.5. The monoisotopic (exact) mass is 329 g/mol. The van der Waals surface area contributed by atoms with Gasteiger partial charge in [-0.1, -0.05) is 24.3 Å². The Kier molecular flexibility index (Phi) is 4.81. The van der Waals surface area contributed by atoms with Crippen LogP contribution in [0.25, 0.3) is 0 Å². The van der Waals surface area contributed by atoms with Gasteiger partial charge in [-0.3, -0.25) is 4.79 Å². The minimum atomic E-state index is -0.919. The van der Waals surface area contributed by atoms with E-state index in [9.17, 15) is 14.3 Å². The van der Waals surface area contributed by atoms with Crippen molar-refractivity contribution in [2.75, 3.05) is 0 Å². The Bertz CT molecular complexity index is 730. The normalized spacial score (nSPS) is 17.2. The summed E-state index contributed by atoms with van der Waals surface area (Å²) in [5, 5.41) is 12.5. The van der Waals surface area contributed by atoms with Crippen LogP contribution in [-0.2, 0) is 24.2 Å². The van der Waals surface area contributed by atoms with Crippen LogP contribution < -0.4 is 10.1 Å². The van der Waals surface area contributed by atoms with Gasteiger partial charge in [-0.2, -0.15) is 0 Å². The lowest BCUT2D eigenvalue weighted by atomic mass is 10.0. The van der Waals surface area contributed by atoms with Crippen LogP contribution >= 0.6 is 0 Å². The van der Waals surface area contributed by atoms with Crippen molar-refractivity contribution < 1.29 is 19.0 Å². The maximum atomic E-state index is 12.9. The quantitative estimate of drug-likeness (QED) is 0.855. The Morgan fingerprint density at radius 2 is 2.00 bits per heavy atom. The van der Waals surface area contributed by atoms with E-state index in [4.69, 9.17) is 4.74 Å². The van der Waals surface area contributed by atoms with E-state index in [0.717, 1.165) is 28.9 Å². The fourth-order valence-electron chi connectivity index (χ4n) is 2.93. The van der Waals surface area contributed by atoms with Crippen LogP contribution in [0.2, 0.25) is 0 Å². The lowest BCUT2D eigenvalue weighted by Gasteiger charge is -2.15. The summed E-state index contributed by atoms with van der Waals surface area (Å²) in [4.78, 5) is 11.5. The Hall–Kier alpha value is -2.40. The number of carboxylic acid groups (broad SMARTS) is 1. The topological polar surface area (TPSA) is 58.6 Å². The summed E-state index contributed by atoms with van der Waals surface area (Å²) < 4.78 is 18.6. The van der Waals surface area contributed by atoms with Crippen LogP contribution in [0, 0.1) is 5.82 Å². The van der Waals surface area contributed by atoms with E-state index in [-0.39, 0.29) is 11.9 Å². The minimum Gasteiger partial charge on any atom is -0.490 e. The first-order valence-electron chi connectivity index (χ1n) is 8.00. The first-order valence-corrected chi connectivity index (χ1v) is 8.00. The van der Waals surface area contributed by atoms with Crippen LogP contribution in [0.3, 0.4) is 0 Å². The van der Waals surface area contributed by atoms with Gasteiger partial charge in [0.05, 0.1) is 0 Å². The number of nitrogens with one attached hydrogen (secondary N) is 1. The van der Waals surface area contributed by atoms with Crippen molar-refractivity contribution >= 4 is 5.97 Å². The molecule has 0 saturated heterocycles. The van der Waals surface area contributed by atoms with Gasteiger partial charge in [0, 0.05) is 13.0 Å². The largest absolute Gasteiger partial charge is 0.490 e. The third kappa shape index (κ3) is 3.92. The highest BCUT2D eigenvalue weighted by Crippen LogP contribution is 2.29. The SMILES string of the molecule is CC1Cc2cc(CN[C@H](Cc3ccc(F)cc3)C(=O)O)ccc2O1. The molecule has 0 amide bonds. The van der Waals surface area contributed by atoms with Crippen molar-refractivity contribution in [2.24, 2.45) is 0 Å². The highest BCUT2D eigenvalue weighted by Gasteiger charge is 2.20. The molecule has 0 radical (unpaired) electrons. The van der Waals surface area contributed by atoms with Gasteiger partial charge in [-0.15, -0.1) is 0 Å². The summed E-state index contributed by atoms with van der Waals surface area (Å²) in [5.74, 6) is -0.335. The molecule has 24 heavy (non-hydrogen) atoms. The molecule has 0 fully saturated rings.